The van der Waals surface area contributed by atoms with Crippen LogP contribution in [0.2, 0.25) is 0 Å². The van der Waals surface area contributed by atoms with Gasteiger partial charge in [-0.1, -0.05) is 6.07 Å². The lowest BCUT2D eigenvalue weighted by molar-refractivity contribution is 0.397. The van der Waals surface area contributed by atoms with Crippen molar-refractivity contribution in [2.75, 3.05) is 12.8 Å². The molecule has 0 saturated heterocycles. The quantitative estimate of drug-likeness (QED) is 0.767. The lowest BCUT2D eigenvalue weighted by Crippen LogP contribution is -2.31. The summed E-state index contributed by atoms with van der Waals surface area (Å²) >= 11 is 0. The summed E-state index contributed by atoms with van der Waals surface area (Å²) in [6, 6.07) is 4.61. The lowest BCUT2D eigenvalue weighted by Gasteiger charge is -2.08. The van der Waals surface area contributed by atoms with Gasteiger partial charge in [-0.2, -0.15) is 0 Å². The Morgan fingerprint density at radius 2 is 2.22 bits per heavy atom. The summed E-state index contributed by atoms with van der Waals surface area (Å²) in [7, 11) is 1.52. The van der Waals surface area contributed by atoms with E-state index in [4.69, 9.17) is 10.5 Å². The molecule has 0 saturated carbocycles. The van der Waals surface area contributed by atoms with Crippen LogP contribution in [0.3, 0.4) is 0 Å². The Morgan fingerprint density at radius 3 is 2.78 bits per heavy atom. The first-order valence-corrected chi connectivity index (χ1v) is 5.18. The molecular weight excluding hydrogens is 236 g/mol. The zero-order valence-electron chi connectivity index (χ0n) is 9.71. The van der Waals surface area contributed by atoms with Gasteiger partial charge in [0.2, 0.25) is 5.88 Å². The number of anilines is 1. The number of nitrogen functional groups attached to an aromatic ring is 1. The minimum atomic E-state index is -0.546. The third-order valence-corrected chi connectivity index (χ3v) is 2.41. The molecule has 2 rings (SSSR count). The van der Waals surface area contributed by atoms with Crippen molar-refractivity contribution < 1.29 is 4.74 Å². The van der Waals surface area contributed by atoms with E-state index >= 15 is 0 Å². The number of aromatic nitrogens is 3. The average Bonchev–Trinajstić information content (AvgIpc) is 2.34. The highest BCUT2D eigenvalue weighted by atomic mass is 16.5. The van der Waals surface area contributed by atoms with Crippen LogP contribution in [0.5, 0.6) is 5.88 Å². The third kappa shape index (κ3) is 2.40. The van der Waals surface area contributed by atoms with E-state index in [0.717, 1.165) is 5.56 Å². The van der Waals surface area contributed by atoms with Gasteiger partial charge in [0.15, 0.2) is 0 Å². The van der Waals surface area contributed by atoms with Crippen LogP contribution in [0.4, 0.5) is 5.82 Å². The van der Waals surface area contributed by atoms with E-state index in [9.17, 15) is 9.59 Å². The number of ether oxygens (including phenoxy) is 1. The molecule has 0 aliphatic carbocycles. The van der Waals surface area contributed by atoms with Crippen molar-refractivity contribution >= 4 is 5.82 Å². The number of nitrogens with zero attached hydrogens (tertiary/aromatic N) is 2. The van der Waals surface area contributed by atoms with E-state index in [1.807, 2.05) is 0 Å². The Morgan fingerprint density at radius 1 is 1.44 bits per heavy atom. The Bertz CT molecular complexity index is 657. The third-order valence-electron chi connectivity index (χ3n) is 2.41. The molecule has 0 aromatic carbocycles. The first-order valence-electron chi connectivity index (χ1n) is 5.18. The minimum absolute atomic E-state index is 0.111. The van der Waals surface area contributed by atoms with Gasteiger partial charge in [0, 0.05) is 18.3 Å². The van der Waals surface area contributed by atoms with Crippen molar-refractivity contribution in [1.29, 1.82) is 0 Å². The second kappa shape index (κ2) is 4.74. The van der Waals surface area contributed by atoms with Gasteiger partial charge in [-0.15, -0.1) is 0 Å². The van der Waals surface area contributed by atoms with E-state index in [2.05, 4.69) is 9.97 Å². The number of hydrogen-bond acceptors (Lipinski definition) is 5. The fraction of sp³-hybridized carbons (Fsp3) is 0.182. The zero-order valence-corrected chi connectivity index (χ0v) is 9.71. The van der Waals surface area contributed by atoms with Gasteiger partial charge in [-0.25, -0.2) is 9.78 Å². The van der Waals surface area contributed by atoms with E-state index < -0.39 is 11.2 Å². The molecule has 0 radical (unpaired) electrons. The highest BCUT2D eigenvalue weighted by Crippen LogP contribution is 2.08. The van der Waals surface area contributed by atoms with Crippen LogP contribution < -0.4 is 21.7 Å². The molecule has 18 heavy (non-hydrogen) atoms. The maximum atomic E-state index is 11.6. The molecule has 0 fully saturated rings. The fourth-order valence-electron chi connectivity index (χ4n) is 1.51. The summed E-state index contributed by atoms with van der Waals surface area (Å²) < 4.78 is 6.19. The van der Waals surface area contributed by atoms with Gasteiger partial charge in [-0.05, 0) is 5.56 Å². The largest absolute Gasteiger partial charge is 0.481 e. The molecule has 0 spiro atoms. The Kier molecular flexibility index (Phi) is 3.13. The predicted molar refractivity (Wildman–Crippen MR) is 65.6 cm³/mol. The highest BCUT2D eigenvalue weighted by Gasteiger charge is 2.04. The van der Waals surface area contributed by atoms with E-state index in [1.54, 1.807) is 18.3 Å². The van der Waals surface area contributed by atoms with Crippen molar-refractivity contribution in [2.45, 2.75) is 6.54 Å². The number of H-pyrrole nitrogens is 1. The number of pyridine rings is 1. The number of hydrogen-bond donors (Lipinski definition) is 2. The van der Waals surface area contributed by atoms with E-state index in [1.165, 1.54) is 17.7 Å². The van der Waals surface area contributed by atoms with Crippen LogP contribution in [0.25, 0.3) is 0 Å². The Labute approximate surface area is 102 Å². The van der Waals surface area contributed by atoms with Crippen molar-refractivity contribution in [1.82, 2.24) is 14.5 Å². The van der Waals surface area contributed by atoms with Crippen molar-refractivity contribution in [3.63, 3.8) is 0 Å². The van der Waals surface area contributed by atoms with Gasteiger partial charge < -0.3 is 10.5 Å². The summed E-state index contributed by atoms with van der Waals surface area (Å²) in [4.78, 5) is 28.8. The smallest absolute Gasteiger partial charge is 0.330 e. The predicted octanol–water partition coefficient (Wildman–Crippen LogP) is -0.429. The molecular formula is C11H12N4O3. The first kappa shape index (κ1) is 11.9. The molecule has 0 amide bonds. The SMILES string of the molecule is COc1ccc(Cn2c(N)cc(=O)[nH]c2=O)cn1. The molecule has 2 aromatic rings. The normalized spacial score (nSPS) is 10.3. The van der Waals surface area contributed by atoms with Crippen molar-refractivity contribution in [2.24, 2.45) is 0 Å². The number of methoxy groups -OCH3 is 1. The maximum absolute atomic E-state index is 11.6. The topological polar surface area (TPSA) is 103 Å². The highest BCUT2D eigenvalue weighted by molar-refractivity contribution is 5.28. The molecule has 7 nitrogen and oxygen atoms in total. The fourth-order valence-corrected chi connectivity index (χ4v) is 1.51. The number of nitrogens with one attached hydrogen (secondary N) is 1. The Hall–Kier alpha value is -2.57. The van der Waals surface area contributed by atoms with E-state index in [0.29, 0.717) is 5.88 Å². The molecule has 0 unspecified atom stereocenters. The van der Waals surface area contributed by atoms with Crippen LogP contribution in [0.15, 0.2) is 34.0 Å². The second-order valence-corrected chi connectivity index (χ2v) is 3.66. The molecule has 7 heteroatoms. The van der Waals surface area contributed by atoms with Gasteiger partial charge in [0.1, 0.15) is 5.82 Å². The number of rotatable bonds is 3. The molecule has 3 N–H and O–H groups in total. The molecule has 0 aliphatic rings. The molecule has 0 aliphatic heterocycles. The Balaban J connectivity index is 2.34. The summed E-state index contributed by atoms with van der Waals surface area (Å²) in [6.45, 7) is 0.235. The van der Waals surface area contributed by atoms with E-state index in [-0.39, 0.29) is 12.4 Å². The second-order valence-electron chi connectivity index (χ2n) is 3.66. The zero-order chi connectivity index (χ0) is 13.1. The standard InChI is InChI=1S/C11H12N4O3/c1-18-10-3-2-7(5-13-10)6-15-8(12)4-9(16)14-11(15)17/h2-5H,6,12H2,1H3,(H,14,16,17). The van der Waals surface area contributed by atoms with Gasteiger partial charge in [-0.3, -0.25) is 14.3 Å². The summed E-state index contributed by atoms with van der Waals surface area (Å²) in [5.74, 6) is 0.597. The summed E-state index contributed by atoms with van der Waals surface area (Å²) in [5, 5.41) is 0. The number of nitrogens with two attached hydrogens (primary N) is 1. The van der Waals surface area contributed by atoms with Crippen molar-refractivity contribution in [3.05, 3.63) is 50.8 Å². The summed E-state index contributed by atoms with van der Waals surface area (Å²) in [5.41, 5.74) is 5.34. The van der Waals surface area contributed by atoms with Gasteiger partial charge in [0.05, 0.1) is 13.7 Å². The average molecular weight is 248 g/mol. The summed E-state index contributed by atoms with van der Waals surface area (Å²) in [6.07, 6.45) is 1.58. The molecule has 0 atom stereocenters. The minimum Gasteiger partial charge on any atom is -0.481 e. The van der Waals surface area contributed by atoms with Gasteiger partial charge >= 0.3 is 5.69 Å². The lowest BCUT2D eigenvalue weighted by atomic mass is 10.3. The van der Waals surface area contributed by atoms with Crippen LogP contribution in [-0.2, 0) is 6.54 Å². The molecule has 94 valence electrons. The van der Waals surface area contributed by atoms with Crippen LogP contribution in [0.1, 0.15) is 5.56 Å². The maximum Gasteiger partial charge on any atom is 0.330 e. The van der Waals surface area contributed by atoms with Crippen molar-refractivity contribution in [3.8, 4) is 5.88 Å². The van der Waals surface area contributed by atoms with Gasteiger partial charge in [0.25, 0.3) is 5.56 Å². The van der Waals surface area contributed by atoms with Crippen LogP contribution >= 0.6 is 0 Å². The van der Waals surface area contributed by atoms with Crippen LogP contribution in [-0.4, -0.2) is 21.6 Å². The molecule has 2 heterocycles. The molecule has 0 bridgehead atoms. The monoisotopic (exact) mass is 248 g/mol. The first-order chi connectivity index (χ1) is 8.60. The number of aromatic amines is 1. The van der Waals surface area contributed by atoms with Crippen LogP contribution in [0, 0.1) is 0 Å². The molecule has 2 aromatic heterocycles.